The van der Waals surface area contributed by atoms with Crippen molar-refractivity contribution in [3.05, 3.63) is 114 Å². The summed E-state index contributed by atoms with van der Waals surface area (Å²) in [6.07, 6.45) is 4.08. The van der Waals surface area contributed by atoms with Gasteiger partial charge in [0.2, 0.25) is 11.8 Å². The quantitative estimate of drug-likeness (QED) is 0.145. The molecule has 5 rings (SSSR count). The number of sulfonamides is 1. The van der Waals surface area contributed by atoms with Crippen LogP contribution in [0.5, 0.6) is 17.2 Å². The molecule has 1 N–H and O–H groups in total. The van der Waals surface area contributed by atoms with Gasteiger partial charge in [0.05, 0.1) is 31.4 Å². The molecule has 0 unspecified atom stereocenters. The number of benzene rings is 4. The van der Waals surface area contributed by atoms with E-state index >= 15 is 0 Å². The minimum Gasteiger partial charge on any atom is -0.494 e. The highest BCUT2D eigenvalue weighted by atomic mass is 32.2. The maximum absolute atomic E-state index is 14.8. The van der Waals surface area contributed by atoms with Crippen molar-refractivity contribution in [2.24, 2.45) is 0 Å². The lowest BCUT2D eigenvalue weighted by Crippen LogP contribution is -2.54. The Morgan fingerprint density at radius 3 is 2.14 bits per heavy atom. The normalized spacial score (nSPS) is 13.6. The summed E-state index contributed by atoms with van der Waals surface area (Å²) in [5.41, 5.74) is 3.01. The van der Waals surface area contributed by atoms with Crippen LogP contribution in [0.15, 0.2) is 102 Å². The zero-order chi connectivity index (χ0) is 36.4. The molecule has 51 heavy (non-hydrogen) atoms. The molecule has 2 amide bonds. The monoisotopic (exact) mass is 713 g/mol. The van der Waals surface area contributed by atoms with Crippen LogP contribution in [0.2, 0.25) is 0 Å². The molecule has 0 saturated heterocycles. The van der Waals surface area contributed by atoms with Crippen LogP contribution in [0, 0.1) is 6.92 Å². The molecule has 1 atom stereocenters. The van der Waals surface area contributed by atoms with Gasteiger partial charge in [0.1, 0.15) is 18.3 Å². The van der Waals surface area contributed by atoms with Crippen molar-refractivity contribution >= 4 is 27.5 Å². The SMILES string of the molecule is CCOc1ccc(N(CC(=O)N(Cc2ccc(C)cc2)[C@H](Cc2ccccc2)C(=O)NC2CCCC2)S(=O)(=O)c2ccc(OC)c(OC)c2)cc1. The van der Waals surface area contributed by atoms with E-state index in [0.717, 1.165) is 46.7 Å². The summed E-state index contributed by atoms with van der Waals surface area (Å²) in [5, 5.41) is 3.21. The fourth-order valence-electron chi connectivity index (χ4n) is 6.32. The first-order chi connectivity index (χ1) is 24.6. The minimum atomic E-state index is -4.36. The molecule has 10 nitrogen and oxygen atoms in total. The lowest BCUT2D eigenvalue weighted by Gasteiger charge is -2.34. The van der Waals surface area contributed by atoms with Gasteiger partial charge in [-0.25, -0.2) is 8.42 Å². The lowest BCUT2D eigenvalue weighted by atomic mass is 10.0. The van der Waals surface area contributed by atoms with Crippen molar-refractivity contribution in [2.75, 3.05) is 31.7 Å². The van der Waals surface area contributed by atoms with E-state index in [2.05, 4.69) is 5.32 Å². The number of hydrogen-bond acceptors (Lipinski definition) is 7. The van der Waals surface area contributed by atoms with Crippen LogP contribution >= 0.6 is 0 Å². The van der Waals surface area contributed by atoms with Crippen LogP contribution < -0.4 is 23.8 Å². The van der Waals surface area contributed by atoms with Gasteiger partial charge in [-0.1, -0.05) is 73.0 Å². The zero-order valence-corrected chi connectivity index (χ0v) is 30.5. The molecular formula is C40H47N3O7S. The highest BCUT2D eigenvalue weighted by Crippen LogP contribution is 2.33. The van der Waals surface area contributed by atoms with Gasteiger partial charge in [-0.2, -0.15) is 0 Å². The van der Waals surface area contributed by atoms with Crippen molar-refractivity contribution in [3.63, 3.8) is 0 Å². The predicted molar refractivity (Wildman–Crippen MR) is 198 cm³/mol. The Hall–Kier alpha value is -5.03. The smallest absolute Gasteiger partial charge is 0.264 e. The van der Waals surface area contributed by atoms with Crippen LogP contribution in [0.3, 0.4) is 0 Å². The van der Waals surface area contributed by atoms with E-state index in [4.69, 9.17) is 14.2 Å². The third kappa shape index (κ3) is 9.40. The molecule has 4 aromatic rings. The highest BCUT2D eigenvalue weighted by Gasteiger charge is 2.36. The molecule has 0 radical (unpaired) electrons. The Morgan fingerprint density at radius 2 is 1.51 bits per heavy atom. The fraction of sp³-hybridized carbons (Fsp3) is 0.350. The number of methoxy groups -OCH3 is 2. The molecule has 0 aromatic heterocycles. The molecule has 11 heteroatoms. The largest absolute Gasteiger partial charge is 0.494 e. The number of amides is 2. The Morgan fingerprint density at radius 1 is 0.843 bits per heavy atom. The van der Waals surface area contributed by atoms with Crippen LogP contribution in [0.4, 0.5) is 5.69 Å². The first-order valence-corrected chi connectivity index (χ1v) is 18.7. The molecule has 1 fully saturated rings. The number of nitrogens with zero attached hydrogens (tertiary/aromatic N) is 2. The molecule has 4 aromatic carbocycles. The van der Waals surface area contributed by atoms with Gasteiger partial charge in [0.25, 0.3) is 10.0 Å². The number of rotatable bonds is 16. The average molecular weight is 714 g/mol. The van der Waals surface area contributed by atoms with Gasteiger partial charge in [-0.05, 0) is 74.2 Å². The van der Waals surface area contributed by atoms with Gasteiger partial charge in [-0.3, -0.25) is 13.9 Å². The number of nitrogens with one attached hydrogen (secondary N) is 1. The summed E-state index contributed by atoms with van der Waals surface area (Å²) in [6, 6.07) is 27.3. The number of ether oxygens (including phenoxy) is 3. The molecule has 0 spiro atoms. The summed E-state index contributed by atoms with van der Waals surface area (Å²) in [5.74, 6) is 0.353. The second kappa shape index (κ2) is 17.3. The Balaban J connectivity index is 1.58. The van der Waals surface area contributed by atoms with Gasteiger partial charge < -0.3 is 24.4 Å². The van der Waals surface area contributed by atoms with E-state index in [-0.39, 0.29) is 41.2 Å². The third-order valence-electron chi connectivity index (χ3n) is 9.10. The second-order valence-electron chi connectivity index (χ2n) is 12.7. The van der Waals surface area contributed by atoms with Crippen LogP contribution in [-0.2, 0) is 32.6 Å². The molecule has 1 aliphatic carbocycles. The van der Waals surface area contributed by atoms with Gasteiger partial charge in [-0.15, -0.1) is 0 Å². The van der Waals surface area contributed by atoms with Gasteiger partial charge >= 0.3 is 0 Å². The topological polar surface area (TPSA) is 114 Å². The molecule has 0 aliphatic heterocycles. The van der Waals surface area contributed by atoms with Crippen molar-refractivity contribution in [1.29, 1.82) is 0 Å². The van der Waals surface area contributed by atoms with Crippen LogP contribution in [0.1, 0.15) is 49.3 Å². The maximum Gasteiger partial charge on any atom is 0.264 e. The predicted octanol–water partition coefficient (Wildman–Crippen LogP) is 6.31. The van der Waals surface area contributed by atoms with E-state index < -0.39 is 28.5 Å². The molecule has 0 bridgehead atoms. The summed E-state index contributed by atoms with van der Waals surface area (Å²) in [4.78, 5) is 30.5. The minimum absolute atomic E-state index is 0.0258. The lowest BCUT2D eigenvalue weighted by molar-refractivity contribution is -0.140. The molecule has 1 saturated carbocycles. The van der Waals surface area contributed by atoms with Gasteiger partial charge in [0, 0.05) is 25.1 Å². The Labute approximate surface area is 301 Å². The number of carbonyl (C=O) groups excluding carboxylic acids is 2. The van der Waals surface area contributed by atoms with E-state index in [1.54, 1.807) is 24.3 Å². The summed E-state index contributed by atoms with van der Waals surface area (Å²) in [6.45, 7) is 3.80. The van der Waals surface area contributed by atoms with Crippen molar-refractivity contribution in [2.45, 2.75) is 69.5 Å². The molecule has 1 aliphatic rings. The van der Waals surface area contributed by atoms with E-state index in [1.165, 1.54) is 37.3 Å². The Kier molecular flexibility index (Phi) is 12.6. The van der Waals surface area contributed by atoms with Crippen molar-refractivity contribution in [1.82, 2.24) is 10.2 Å². The van der Waals surface area contributed by atoms with Gasteiger partial charge in [0.15, 0.2) is 11.5 Å². The molecule has 0 heterocycles. The maximum atomic E-state index is 14.8. The first kappa shape index (κ1) is 37.2. The first-order valence-electron chi connectivity index (χ1n) is 17.3. The van der Waals surface area contributed by atoms with E-state index in [9.17, 15) is 18.0 Å². The summed E-state index contributed by atoms with van der Waals surface area (Å²) < 4.78 is 46.5. The number of aryl methyl sites for hydroxylation is 1. The van der Waals surface area contributed by atoms with Crippen LogP contribution in [-0.4, -0.2) is 64.6 Å². The average Bonchev–Trinajstić information content (AvgIpc) is 3.66. The standard InChI is InChI=1S/C40H47N3O7S/c1-5-50-34-21-19-33(20-22-34)43(51(46,47)35-23-24-37(48-3)38(26-35)49-4)28-39(44)42(27-31-17-15-29(2)16-18-31)36(25-30-11-7-6-8-12-30)40(45)41-32-13-9-10-14-32/h6-8,11-12,15-24,26,32,36H,5,9-10,13-14,25,27-28H2,1-4H3,(H,41,45)/t36-/m1/s1. The summed E-state index contributed by atoms with van der Waals surface area (Å²) in [7, 11) is -1.47. The van der Waals surface area contributed by atoms with Crippen molar-refractivity contribution in [3.8, 4) is 17.2 Å². The number of anilines is 1. The fourth-order valence-corrected chi connectivity index (χ4v) is 7.75. The van der Waals surface area contributed by atoms with E-state index in [1.807, 2.05) is 68.4 Å². The van der Waals surface area contributed by atoms with E-state index in [0.29, 0.717) is 18.1 Å². The highest BCUT2D eigenvalue weighted by molar-refractivity contribution is 7.92. The zero-order valence-electron chi connectivity index (χ0n) is 29.7. The van der Waals surface area contributed by atoms with Crippen molar-refractivity contribution < 1.29 is 32.2 Å². The number of carbonyl (C=O) groups is 2. The molecular weight excluding hydrogens is 667 g/mol. The molecule has 270 valence electrons. The van der Waals surface area contributed by atoms with Crippen LogP contribution in [0.25, 0.3) is 0 Å². The third-order valence-corrected chi connectivity index (χ3v) is 10.9. The Bertz CT molecular complexity index is 1860. The summed E-state index contributed by atoms with van der Waals surface area (Å²) >= 11 is 0. The number of hydrogen-bond donors (Lipinski definition) is 1. The second-order valence-corrected chi connectivity index (χ2v) is 14.5.